The van der Waals surface area contributed by atoms with Crippen molar-refractivity contribution >= 4 is 16.3 Å². The van der Waals surface area contributed by atoms with Gasteiger partial charge in [-0.1, -0.05) is 25.2 Å². The predicted octanol–water partition coefficient (Wildman–Crippen LogP) is 2.37. The van der Waals surface area contributed by atoms with Crippen LogP contribution in [0.15, 0.2) is 0 Å². The highest BCUT2D eigenvalue weighted by atomic mass is 32.1. The summed E-state index contributed by atoms with van der Waals surface area (Å²) in [6, 6.07) is 0. The lowest BCUT2D eigenvalue weighted by Crippen LogP contribution is -2.17. The standard InChI is InChI=1S/C13H21N5S/c1-13(2,7-8-14)6-5-10-17-18-11(9-3-4-9)15-16-12(18)19-10/h9H,3-8,14H2,1-2H3. The molecule has 0 radical (unpaired) electrons. The summed E-state index contributed by atoms with van der Waals surface area (Å²) in [4.78, 5) is 0.938. The van der Waals surface area contributed by atoms with Gasteiger partial charge in [0.1, 0.15) is 5.01 Å². The van der Waals surface area contributed by atoms with Gasteiger partial charge in [-0.3, -0.25) is 0 Å². The topological polar surface area (TPSA) is 69.1 Å². The van der Waals surface area contributed by atoms with Gasteiger partial charge in [0.2, 0.25) is 4.96 Å². The second kappa shape index (κ2) is 4.83. The van der Waals surface area contributed by atoms with Crippen LogP contribution in [0.2, 0.25) is 0 Å². The molecule has 0 saturated heterocycles. The molecule has 1 saturated carbocycles. The molecule has 3 rings (SSSR count). The number of aromatic nitrogens is 4. The quantitative estimate of drug-likeness (QED) is 0.881. The number of aryl methyl sites for hydroxylation is 1. The van der Waals surface area contributed by atoms with Gasteiger partial charge in [-0.25, -0.2) is 0 Å². The first-order valence-corrected chi connectivity index (χ1v) is 7.82. The molecule has 2 aromatic rings. The van der Waals surface area contributed by atoms with E-state index in [-0.39, 0.29) is 0 Å². The number of nitrogens with two attached hydrogens (primary N) is 1. The first-order chi connectivity index (χ1) is 9.09. The van der Waals surface area contributed by atoms with Gasteiger partial charge < -0.3 is 5.73 Å². The summed E-state index contributed by atoms with van der Waals surface area (Å²) in [6.45, 7) is 5.30. The van der Waals surface area contributed by atoms with Crippen LogP contribution in [0, 0.1) is 5.41 Å². The van der Waals surface area contributed by atoms with Crippen molar-refractivity contribution in [1.82, 2.24) is 19.8 Å². The average Bonchev–Trinajstić information content (AvgIpc) is 2.98. The number of hydrogen-bond donors (Lipinski definition) is 1. The van der Waals surface area contributed by atoms with Crippen molar-refractivity contribution in [2.24, 2.45) is 11.1 Å². The number of rotatable bonds is 6. The minimum atomic E-state index is 0.292. The maximum absolute atomic E-state index is 5.65. The van der Waals surface area contributed by atoms with Crippen molar-refractivity contribution in [3.63, 3.8) is 0 Å². The number of nitrogens with zero attached hydrogens (tertiary/aromatic N) is 4. The molecular formula is C13H21N5S. The van der Waals surface area contributed by atoms with Crippen LogP contribution in [0.5, 0.6) is 0 Å². The Bertz CT molecular complexity index is 567. The van der Waals surface area contributed by atoms with E-state index in [1.165, 1.54) is 12.8 Å². The van der Waals surface area contributed by atoms with E-state index in [0.717, 1.165) is 41.6 Å². The fourth-order valence-corrected chi connectivity index (χ4v) is 3.17. The summed E-state index contributed by atoms with van der Waals surface area (Å²) in [7, 11) is 0. The predicted molar refractivity (Wildman–Crippen MR) is 76.4 cm³/mol. The Morgan fingerprint density at radius 3 is 2.79 bits per heavy atom. The Morgan fingerprint density at radius 2 is 2.11 bits per heavy atom. The van der Waals surface area contributed by atoms with E-state index in [0.29, 0.717) is 11.3 Å². The lowest BCUT2D eigenvalue weighted by atomic mass is 9.84. The van der Waals surface area contributed by atoms with Crippen molar-refractivity contribution in [3.05, 3.63) is 10.8 Å². The molecule has 0 amide bonds. The summed E-state index contributed by atoms with van der Waals surface area (Å²) >= 11 is 1.67. The Hall–Kier alpha value is -1.01. The summed E-state index contributed by atoms with van der Waals surface area (Å²) in [6.07, 6.45) is 5.65. The second-order valence-electron chi connectivity index (χ2n) is 6.23. The molecule has 0 aromatic carbocycles. The van der Waals surface area contributed by atoms with E-state index >= 15 is 0 Å². The van der Waals surface area contributed by atoms with E-state index in [1.807, 2.05) is 4.52 Å². The molecule has 104 valence electrons. The van der Waals surface area contributed by atoms with E-state index in [4.69, 9.17) is 5.73 Å². The fraction of sp³-hybridized carbons (Fsp3) is 0.769. The zero-order valence-corrected chi connectivity index (χ0v) is 12.4. The molecule has 0 spiro atoms. The van der Waals surface area contributed by atoms with Gasteiger partial charge in [-0.2, -0.15) is 9.61 Å². The van der Waals surface area contributed by atoms with Crippen molar-refractivity contribution < 1.29 is 0 Å². The second-order valence-corrected chi connectivity index (χ2v) is 7.27. The monoisotopic (exact) mass is 279 g/mol. The third-order valence-corrected chi connectivity index (χ3v) is 4.79. The third kappa shape index (κ3) is 2.79. The molecule has 1 fully saturated rings. The van der Waals surface area contributed by atoms with Crippen molar-refractivity contribution in [2.75, 3.05) is 6.54 Å². The molecule has 0 atom stereocenters. The van der Waals surface area contributed by atoms with Gasteiger partial charge in [-0.05, 0) is 37.6 Å². The van der Waals surface area contributed by atoms with Crippen LogP contribution in [-0.4, -0.2) is 26.4 Å². The van der Waals surface area contributed by atoms with Crippen molar-refractivity contribution in [1.29, 1.82) is 0 Å². The van der Waals surface area contributed by atoms with Crippen molar-refractivity contribution in [3.8, 4) is 0 Å². The highest BCUT2D eigenvalue weighted by Gasteiger charge is 2.30. The van der Waals surface area contributed by atoms with Gasteiger partial charge in [-0.15, -0.1) is 10.2 Å². The summed E-state index contributed by atoms with van der Waals surface area (Å²) in [5, 5.41) is 14.3. The molecule has 0 aliphatic heterocycles. The van der Waals surface area contributed by atoms with Crippen LogP contribution in [0.3, 0.4) is 0 Å². The normalized spacial score (nSPS) is 16.4. The fourth-order valence-electron chi connectivity index (χ4n) is 2.33. The van der Waals surface area contributed by atoms with Crippen LogP contribution < -0.4 is 5.73 Å². The zero-order valence-electron chi connectivity index (χ0n) is 11.6. The molecule has 2 N–H and O–H groups in total. The summed E-state index contributed by atoms with van der Waals surface area (Å²) in [5.41, 5.74) is 5.94. The Balaban J connectivity index is 1.71. The molecule has 0 unspecified atom stereocenters. The summed E-state index contributed by atoms with van der Waals surface area (Å²) < 4.78 is 1.95. The van der Waals surface area contributed by atoms with Crippen LogP contribution in [0.4, 0.5) is 0 Å². The van der Waals surface area contributed by atoms with Crippen LogP contribution in [-0.2, 0) is 6.42 Å². The maximum Gasteiger partial charge on any atom is 0.234 e. The van der Waals surface area contributed by atoms with Gasteiger partial charge in [0, 0.05) is 12.3 Å². The third-order valence-electron chi connectivity index (χ3n) is 3.84. The maximum atomic E-state index is 5.65. The van der Waals surface area contributed by atoms with Gasteiger partial charge >= 0.3 is 0 Å². The Morgan fingerprint density at radius 1 is 1.32 bits per heavy atom. The molecule has 2 aromatic heterocycles. The van der Waals surface area contributed by atoms with Crippen molar-refractivity contribution in [2.45, 2.75) is 51.9 Å². The largest absolute Gasteiger partial charge is 0.330 e. The highest BCUT2D eigenvalue weighted by molar-refractivity contribution is 7.16. The Kier molecular flexibility index (Phi) is 3.30. The average molecular weight is 279 g/mol. The number of fused-ring (bicyclic) bond motifs is 1. The Labute approximate surface area is 117 Å². The SMILES string of the molecule is CC(C)(CCN)CCc1nn2c(C3CC3)nnc2s1. The zero-order chi connectivity index (χ0) is 13.5. The van der Waals surface area contributed by atoms with E-state index < -0.39 is 0 Å². The molecule has 0 bridgehead atoms. The molecule has 5 nitrogen and oxygen atoms in total. The van der Waals surface area contributed by atoms with Crippen LogP contribution in [0.1, 0.15) is 56.3 Å². The van der Waals surface area contributed by atoms with E-state index in [1.54, 1.807) is 11.3 Å². The van der Waals surface area contributed by atoms with Gasteiger partial charge in [0.05, 0.1) is 0 Å². The molecule has 1 aliphatic rings. The molecule has 2 heterocycles. The molecule has 19 heavy (non-hydrogen) atoms. The minimum Gasteiger partial charge on any atom is -0.330 e. The first kappa shape index (κ1) is 13.0. The van der Waals surface area contributed by atoms with E-state index in [9.17, 15) is 0 Å². The highest BCUT2D eigenvalue weighted by Crippen LogP contribution is 2.39. The number of hydrogen-bond acceptors (Lipinski definition) is 5. The lowest BCUT2D eigenvalue weighted by Gasteiger charge is -2.22. The van der Waals surface area contributed by atoms with Gasteiger partial charge in [0.15, 0.2) is 5.82 Å². The van der Waals surface area contributed by atoms with Gasteiger partial charge in [0.25, 0.3) is 0 Å². The smallest absolute Gasteiger partial charge is 0.234 e. The van der Waals surface area contributed by atoms with E-state index in [2.05, 4.69) is 29.1 Å². The minimum absolute atomic E-state index is 0.292. The van der Waals surface area contributed by atoms with Crippen LogP contribution in [0.25, 0.3) is 4.96 Å². The lowest BCUT2D eigenvalue weighted by molar-refractivity contribution is 0.313. The molecular weight excluding hydrogens is 258 g/mol. The van der Waals surface area contributed by atoms with Crippen LogP contribution >= 0.6 is 11.3 Å². The molecule has 1 aliphatic carbocycles. The summed E-state index contributed by atoms with van der Waals surface area (Å²) in [5.74, 6) is 1.65. The first-order valence-electron chi connectivity index (χ1n) is 7.00. The molecule has 6 heteroatoms.